The number of carbonyl (C=O) groups is 1. The van der Waals surface area contributed by atoms with Crippen LogP contribution in [0.15, 0.2) is 23.6 Å². The summed E-state index contributed by atoms with van der Waals surface area (Å²) in [7, 11) is 3.22. The first kappa shape index (κ1) is 18.7. The molecule has 1 aromatic carbocycles. The molecule has 0 spiro atoms. The average Bonchev–Trinajstić information content (AvgIpc) is 3.09. The van der Waals surface area contributed by atoms with E-state index >= 15 is 0 Å². The number of ether oxygens (including phenoxy) is 2. The van der Waals surface area contributed by atoms with Crippen LogP contribution in [0.5, 0.6) is 11.5 Å². The SMILES string of the molecule is COc1ccc(-c2nc(CC(=O)NC3CCNC(C)C3)cs2)cc1OC. The van der Waals surface area contributed by atoms with Gasteiger partial charge in [0.05, 0.1) is 26.3 Å². The Morgan fingerprint density at radius 2 is 2.15 bits per heavy atom. The van der Waals surface area contributed by atoms with Crippen LogP contribution in [0.3, 0.4) is 0 Å². The van der Waals surface area contributed by atoms with E-state index in [0.29, 0.717) is 24.0 Å². The van der Waals surface area contributed by atoms with Crippen molar-refractivity contribution in [3.8, 4) is 22.1 Å². The second-order valence-corrected chi connectivity index (χ2v) is 7.39. The fraction of sp³-hybridized carbons (Fsp3) is 0.474. The van der Waals surface area contributed by atoms with Gasteiger partial charge in [-0.3, -0.25) is 4.79 Å². The molecule has 1 aliphatic heterocycles. The normalized spacial score (nSPS) is 19.8. The van der Waals surface area contributed by atoms with Crippen LogP contribution in [0.2, 0.25) is 0 Å². The summed E-state index contributed by atoms with van der Waals surface area (Å²) in [5.74, 6) is 1.39. The molecule has 2 aromatic rings. The van der Waals surface area contributed by atoms with Crippen LogP contribution in [0.25, 0.3) is 10.6 Å². The highest BCUT2D eigenvalue weighted by atomic mass is 32.1. The van der Waals surface area contributed by atoms with Crippen molar-refractivity contribution in [2.75, 3.05) is 20.8 Å². The molecule has 1 aromatic heterocycles. The van der Waals surface area contributed by atoms with Crippen molar-refractivity contribution in [1.29, 1.82) is 0 Å². The number of piperidine rings is 1. The summed E-state index contributed by atoms with van der Waals surface area (Å²) < 4.78 is 10.6. The minimum absolute atomic E-state index is 0.0354. The Balaban J connectivity index is 1.63. The van der Waals surface area contributed by atoms with Gasteiger partial charge in [-0.05, 0) is 44.5 Å². The number of rotatable bonds is 6. The van der Waals surface area contributed by atoms with E-state index in [0.717, 1.165) is 35.7 Å². The maximum Gasteiger partial charge on any atom is 0.226 e. The molecule has 1 amide bonds. The van der Waals surface area contributed by atoms with Gasteiger partial charge < -0.3 is 20.1 Å². The minimum Gasteiger partial charge on any atom is -0.493 e. The molecule has 6 nitrogen and oxygen atoms in total. The third-order valence-corrected chi connectivity index (χ3v) is 5.45. The summed E-state index contributed by atoms with van der Waals surface area (Å²) in [6, 6.07) is 6.41. The van der Waals surface area contributed by atoms with Gasteiger partial charge in [0.15, 0.2) is 11.5 Å². The molecule has 2 unspecified atom stereocenters. The zero-order valence-electron chi connectivity index (χ0n) is 15.4. The van der Waals surface area contributed by atoms with E-state index in [1.807, 2.05) is 23.6 Å². The molecule has 0 radical (unpaired) electrons. The molecule has 0 bridgehead atoms. The van der Waals surface area contributed by atoms with E-state index in [1.54, 1.807) is 14.2 Å². The van der Waals surface area contributed by atoms with E-state index < -0.39 is 0 Å². The minimum atomic E-state index is 0.0354. The number of benzene rings is 1. The molecule has 1 fully saturated rings. The lowest BCUT2D eigenvalue weighted by Gasteiger charge is -2.28. The number of aromatic nitrogens is 1. The van der Waals surface area contributed by atoms with Crippen LogP contribution >= 0.6 is 11.3 Å². The van der Waals surface area contributed by atoms with Gasteiger partial charge in [0, 0.05) is 23.0 Å². The molecule has 140 valence electrons. The molecule has 2 atom stereocenters. The molecular formula is C19H25N3O3S. The Labute approximate surface area is 157 Å². The first-order valence-corrected chi connectivity index (χ1v) is 9.66. The van der Waals surface area contributed by atoms with Crippen molar-refractivity contribution in [3.63, 3.8) is 0 Å². The van der Waals surface area contributed by atoms with Crippen LogP contribution < -0.4 is 20.1 Å². The van der Waals surface area contributed by atoms with Gasteiger partial charge in [-0.2, -0.15) is 0 Å². The topological polar surface area (TPSA) is 72.5 Å². The highest BCUT2D eigenvalue weighted by molar-refractivity contribution is 7.13. The maximum absolute atomic E-state index is 12.3. The number of nitrogens with one attached hydrogen (secondary N) is 2. The Bertz CT molecular complexity index is 762. The Morgan fingerprint density at radius 1 is 1.35 bits per heavy atom. The van der Waals surface area contributed by atoms with E-state index in [4.69, 9.17) is 9.47 Å². The Hall–Kier alpha value is -2.12. The van der Waals surface area contributed by atoms with Crippen molar-refractivity contribution in [1.82, 2.24) is 15.6 Å². The zero-order valence-corrected chi connectivity index (χ0v) is 16.2. The monoisotopic (exact) mass is 375 g/mol. The highest BCUT2D eigenvalue weighted by Gasteiger charge is 2.20. The second-order valence-electron chi connectivity index (χ2n) is 6.53. The smallest absolute Gasteiger partial charge is 0.226 e. The summed E-state index contributed by atoms with van der Waals surface area (Å²) in [6.07, 6.45) is 2.26. The van der Waals surface area contributed by atoms with Crippen LogP contribution in [-0.2, 0) is 11.2 Å². The molecule has 2 heterocycles. The van der Waals surface area contributed by atoms with E-state index in [-0.39, 0.29) is 11.9 Å². The molecule has 0 saturated carbocycles. The first-order chi connectivity index (χ1) is 12.6. The molecule has 2 N–H and O–H groups in total. The number of nitrogens with zero attached hydrogens (tertiary/aromatic N) is 1. The molecular weight excluding hydrogens is 350 g/mol. The predicted octanol–water partition coefficient (Wildman–Crippen LogP) is 2.63. The maximum atomic E-state index is 12.3. The fourth-order valence-electron chi connectivity index (χ4n) is 3.20. The van der Waals surface area contributed by atoms with Gasteiger partial charge in [0.25, 0.3) is 0 Å². The summed E-state index contributed by atoms with van der Waals surface area (Å²) in [5.41, 5.74) is 1.74. The second kappa shape index (κ2) is 8.51. The van der Waals surface area contributed by atoms with Crippen molar-refractivity contribution < 1.29 is 14.3 Å². The Kier molecular flexibility index (Phi) is 6.11. The first-order valence-electron chi connectivity index (χ1n) is 8.78. The average molecular weight is 375 g/mol. The number of thiazole rings is 1. The summed E-state index contributed by atoms with van der Waals surface area (Å²) >= 11 is 1.53. The standard InChI is InChI=1S/C19H25N3O3S/c1-12-8-14(6-7-20-12)21-18(23)10-15-11-26-19(22-15)13-4-5-16(24-2)17(9-13)25-3/h4-5,9,11-12,14,20H,6-8,10H2,1-3H3,(H,21,23). The molecule has 7 heteroatoms. The number of hydrogen-bond donors (Lipinski definition) is 2. The zero-order chi connectivity index (χ0) is 18.5. The van der Waals surface area contributed by atoms with Gasteiger partial charge in [-0.25, -0.2) is 4.98 Å². The van der Waals surface area contributed by atoms with Crippen LogP contribution in [0, 0.1) is 0 Å². The van der Waals surface area contributed by atoms with Crippen molar-refractivity contribution in [2.45, 2.75) is 38.3 Å². The fourth-order valence-corrected chi connectivity index (χ4v) is 4.01. The molecule has 0 aliphatic carbocycles. The van der Waals surface area contributed by atoms with E-state index in [1.165, 1.54) is 11.3 Å². The third-order valence-electron chi connectivity index (χ3n) is 4.51. The highest BCUT2D eigenvalue weighted by Crippen LogP contribution is 2.33. The van der Waals surface area contributed by atoms with Crippen molar-refractivity contribution in [3.05, 3.63) is 29.3 Å². The van der Waals surface area contributed by atoms with Gasteiger partial charge in [0.1, 0.15) is 5.01 Å². The number of amides is 1. The largest absolute Gasteiger partial charge is 0.493 e. The van der Waals surface area contributed by atoms with Crippen LogP contribution in [0.4, 0.5) is 0 Å². The van der Waals surface area contributed by atoms with E-state index in [9.17, 15) is 4.79 Å². The molecule has 26 heavy (non-hydrogen) atoms. The number of methoxy groups -OCH3 is 2. The van der Waals surface area contributed by atoms with Crippen molar-refractivity contribution in [2.24, 2.45) is 0 Å². The number of hydrogen-bond acceptors (Lipinski definition) is 6. The predicted molar refractivity (Wildman–Crippen MR) is 103 cm³/mol. The summed E-state index contributed by atoms with van der Waals surface area (Å²) in [4.78, 5) is 16.9. The number of carbonyl (C=O) groups excluding carboxylic acids is 1. The van der Waals surface area contributed by atoms with E-state index in [2.05, 4.69) is 22.5 Å². The quantitative estimate of drug-likeness (QED) is 0.812. The lowest BCUT2D eigenvalue weighted by Crippen LogP contribution is -2.46. The van der Waals surface area contributed by atoms with Crippen LogP contribution in [-0.4, -0.2) is 43.7 Å². The molecule has 1 saturated heterocycles. The lowest BCUT2D eigenvalue weighted by atomic mass is 10.0. The van der Waals surface area contributed by atoms with Gasteiger partial charge in [-0.15, -0.1) is 11.3 Å². The molecule has 1 aliphatic rings. The van der Waals surface area contributed by atoms with Gasteiger partial charge in [0.2, 0.25) is 5.91 Å². The van der Waals surface area contributed by atoms with Crippen LogP contribution in [0.1, 0.15) is 25.5 Å². The Morgan fingerprint density at radius 3 is 2.88 bits per heavy atom. The van der Waals surface area contributed by atoms with Gasteiger partial charge in [-0.1, -0.05) is 0 Å². The summed E-state index contributed by atoms with van der Waals surface area (Å²) in [5, 5.41) is 9.33. The lowest BCUT2D eigenvalue weighted by molar-refractivity contribution is -0.121. The van der Waals surface area contributed by atoms with Gasteiger partial charge >= 0.3 is 0 Å². The van der Waals surface area contributed by atoms with Crippen molar-refractivity contribution >= 4 is 17.2 Å². The third kappa shape index (κ3) is 4.53. The molecule has 3 rings (SSSR count). The summed E-state index contributed by atoms with van der Waals surface area (Å²) in [6.45, 7) is 3.10.